The van der Waals surface area contributed by atoms with Gasteiger partial charge in [-0.05, 0) is 18.2 Å². The third-order valence-corrected chi connectivity index (χ3v) is 4.19. The SMILES string of the molecule is C1=CC=NC2C=1c1nc(-c3ccccc3)[nH]c1-c1cccnc12. The van der Waals surface area contributed by atoms with Crippen molar-refractivity contribution in [2.24, 2.45) is 4.99 Å². The minimum atomic E-state index is -0.115. The Morgan fingerprint density at radius 3 is 2.87 bits per heavy atom. The standard InChI is InChI=1S/C19H12N4/c1-2-6-12(7-3-1)19-22-17-13-8-4-10-20-15(13)16-14(18(17)23-19)9-5-11-21-16/h1-8,10-11,16H,(H,22,23). The molecule has 2 aromatic heterocycles. The van der Waals surface area contributed by atoms with Crippen LogP contribution in [0, 0.1) is 0 Å². The molecule has 0 fully saturated rings. The van der Waals surface area contributed by atoms with Gasteiger partial charge in [-0.25, -0.2) is 4.98 Å². The fraction of sp³-hybridized carbons (Fsp3) is 0.0526. The zero-order valence-corrected chi connectivity index (χ0v) is 12.2. The van der Waals surface area contributed by atoms with Crippen LogP contribution in [0.25, 0.3) is 28.2 Å². The first kappa shape index (κ1) is 12.3. The van der Waals surface area contributed by atoms with E-state index in [4.69, 9.17) is 4.98 Å². The van der Waals surface area contributed by atoms with Crippen molar-refractivity contribution < 1.29 is 0 Å². The van der Waals surface area contributed by atoms with Gasteiger partial charge in [0.15, 0.2) is 0 Å². The maximum atomic E-state index is 4.83. The second-order valence-electron chi connectivity index (χ2n) is 5.54. The van der Waals surface area contributed by atoms with Crippen LogP contribution in [0.2, 0.25) is 0 Å². The normalized spacial score (nSPS) is 17.2. The van der Waals surface area contributed by atoms with Gasteiger partial charge in [0.1, 0.15) is 17.6 Å². The van der Waals surface area contributed by atoms with E-state index >= 15 is 0 Å². The number of nitrogens with one attached hydrogen (secondary N) is 1. The molecule has 1 aromatic carbocycles. The van der Waals surface area contributed by atoms with Gasteiger partial charge in [0.25, 0.3) is 0 Å². The van der Waals surface area contributed by atoms with Crippen LogP contribution in [0.15, 0.2) is 65.5 Å². The predicted octanol–water partition coefficient (Wildman–Crippen LogP) is 3.82. The van der Waals surface area contributed by atoms with E-state index in [0.29, 0.717) is 0 Å². The molecule has 23 heavy (non-hydrogen) atoms. The number of H-pyrrole nitrogens is 1. The molecule has 1 N–H and O–H groups in total. The van der Waals surface area contributed by atoms with Gasteiger partial charge in [-0.15, -0.1) is 5.73 Å². The number of aliphatic imine (C=N–C) groups is 1. The summed E-state index contributed by atoms with van der Waals surface area (Å²) in [7, 11) is 0. The molecule has 0 amide bonds. The molecule has 1 aliphatic heterocycles. The predicted molar refractivity (Wildman–Crippen MR) is 90.0 cm³/mol. The van der Waals surface area contributed by atoms with Crippen LogP contribution in [-0.2, 0) is 0 Å². The lowest BCUT2D eigenvalue weighted by Gasteiger charge is -2.23. The fourth-order valence-corrected chi connectivity index (χ4v) is 3.16. The van der Waals surface area contributed by atoms with Crippen molar-refractivity contribution in [3.05, 3.63) is 71.9 Å². The largest absolute Gasteiger partial charge is 0.337 e. The first-order chi connectivity index (χ1) is 11.4. The first-order valence-electron chi connectivity index (χ1n) is 7.51. The monoisotopic (exact) mass is 296 g/mol. The van der Waals surface area contributed by atoms with Crippen LogP contribution < -0.4 is 0 Å². The molecule has 1 unspecified atom stereocenters. The van der Waals surface area contributed by atoms with E-state index in [9.17, 15) is 0 Å². The molecule has 0 spiro atoms. The molecule has 0 bridgehead atoms. The Kier molecular flexibility index (Phi) is 2.48. The molecule has 4 heteroatoms. The van der Waals surface area contributed by atoms with Crippen LogP contribution in [0.4, 0.5) is 0 Å². The van der Waals surface area contributed by atoms with Gasteiger partial charge in [-0.3, -0.25) is 9.98 Å². The number of rotatable bonds is 1. The average molecular weight is 296 g/mol. The Balaban J connectivity index is 1.80. The van der Waals surface area contributed by atoms with Gasteiger partial charge in [-0.1, -0.05) is 30.3 Å². The lowest BCUT2D eigenvalue weighted by molar-refractivity contribution is 0.872. The van der Waals surface area contributed by atoms with Crippen molar-refractivity contribution in [3.63, 3.8) is 0 Å². The van der Waals surface area contributed by atoms with Gasteiger partial charge in [0.05, 0.1) is 17.0 Å². The van der Waals surface area contributed by atoms with Crippen LogP contribution in [0.5, 0.6) is 0 Å². The smallest absolute Gasteiger partial charge is 0.138 e. The molecular formula is C19H12N4. The Hall–Kier alpha value is -3.23. The van der Waals surface area contributed by atoms with Crippen molar-refractivity contribution in [1.82, 2.24) is 15.0 Å². The zero-order chi connectivity index (χ0) is 15.2. The number of hydrogen-bond donors (Lipinski definition) is 1. The number of nitrogens with zero attached hydrogens (tertiary/aromatic N) is 3. The molecular weight excluding hydrogens is 284 g/mol. The van der Waals surface area contributed by atoms with E-state index in [0.717, 1.165) is 39.6 Å². The topological polar surface area (TPSA) is 53.9 Å². The third-order valence-electron chi connectivity index (χ3n) is 4.19. The highest BCUT2D eigenvalue weighted by Crippen LogP contribution is 2.45. The second kappa shape index (κ2) is 4.63. The number of imidazole rings is 1. The molecule has 3 heterocycles. The number of benzene rings is 1. The number of pyridine rings is 1. The molecule has 0 saturated heterocycles. The molecule has 2 aliphatic rings. The van der Waals surface area contributed by atoms with E-state index in [1.807, 2.05) is 36.5 Å². The minimum absolute atomic E-state index is 0.115. The average Bonchev–Trinajstić information content (AvgIpc) is 3.09. The molecule has 3 aromatic rings. The Labute approximate surface area is 133 Å². The van der Waals surface area contributed by atoms with Gasteiger partial charge in [0, 0.05) is 23.5 Å². The Morgan fingerprint density at radius 2 is 1.96 bits per heavy atom. The van der Waals surface area contributed by atoms with Crippen molar-refractivity contribution in [2.45, 2.75) is 6.04 Å². The number of fused-ring (bicyclic) bond motifs is 6. The van der Waals surface area contributed by atoms with Gasteiger partial charge in [-0.2, -0.15) is 0 Å². The van der Waals surface area contributed by atoms with E-state index in [2.05, 4.69) is 38.9 Å². The first-order valence-corrected chi connectivity index (χ1v) is 7.51. The summed E-state index contributed by atoms with van der Waals surface area (Å²) in [6, 6.07) is 14.0. The molecule has 1 aliphatic carbocycles. The highest BCUT2D eigenvalue weighted by molar-refractivity contribution is 5.91. The molecule has 0 radical (unpaired) electrons. The summed E-state index contributed by atoms with van der Waals surface area (Å²) >= 11 is 0. The van der Waals surface area contributed by atoms with Crippen LogP contribution >= 0.6 is 0 Å². The second-order valence-corrected chi connectivity index (χ2v) is 5.54. The van der Waals surface area contributed by atoms with Crippen LogP contribution in [0.3, 0.4) is 0 Å². The summed E-state index contributed by atoms with van der Waals surface area (Å²) in [6.45, 7) is 0. The van der Waals surface area contributed by atoms with Crippen molar-refractivity contribution in [3.8, 4) is 22.6 Å². The number of aromatic nitrogens is 3. The van der Waals surface area contributed by atoms with Crippen LogP contribution in [-0.4, -0.2) is 21.2 Å². The molecule has 1 atom stereocenters. The summed E-state index contributed by atoms with van der Waals surface area (Å²) in [5, 5.41) is 0. The molecule has 108 valence electrons. The van der Waals surface area contributed by atoms with E-state index in [-0.39, 0.29) is 6.04 Å². The fourth-order valence-electron chi connectivity index (χ4n) is 3.16. The Bertz CT molecular complexity index is 1000. The van der Waals surface area contributed by atoms with E-state index < -0.39 is 0 Å². The molecule has 0 saturated carbocycles. The maximum absolute atomic E-state index is 4.83. The van der Waals surface area contributed by atoms with Crippen molar-refractivity contribution >= 4 is 11.8 Å². The van der Waals surface area contributed by atoms with Crippen molar-refractivity contribution in [2.75, 3.05) is 0 Å². The highest BCUT2D eigenvalue weighted by Gasteiger charge is 2.33. The lowest BCUT2D eigenvalue weighted by atomic mass is 9.88. The summed E-state index contributed by atoms with van der Waals surface area (Å²) in [5.74, 6) is 0.856. The summed E-state index contributed by atoms with van der Waals surface area (Å²) in [5.41, 5.74) is 9.28. The lowest BCUT2D eigenvalue weighted by Crippen LogP contribution is -2.11. The maximum Gasteiger partial charge on any atom is 0.138 e. The van der Waals surface area contributed by atoms with Crippen molar-refractivity contribution in [1.29, 1.82) is 0 Å². The summed E-state index contributed by atoms with van der Waals surface area (Å²) < 4.78 is 0. The highest BCUT2D eigenvalue weighted by atomic mass is 15.0. The minimum Gasteiger partial charge on any atom is -0.337 e. The van der Waals surface area contributed by atoms with E-state index in [1.165, 1.54) is 0 Å². The Morgan fingerprint density at radius 1 is 1.04 bits per heavy atom. The van der Waals surface area contributed by atoms with Crippen LogP contribution in [0.1, 0.15) is 17.4 Å². The summed E-state index contributed by atoms with van der Waals surface area (Å²) in [4.78, 5) is 17.4. The van der Waals surface area contributed by atoms with E-state index in [1.54, 1.807) is 6.21 Å². The summed E-state index contributed by atoms with van der Waals surface area (Å²) in [6.07, 6.45) is 5.42. The van der Waals surface area contributed by atoms with Gasteiger partial charge >= 0.3 is 0 Å². The molecule has 5 rings (SSSR count). The van der Waals surface area contributed by atoms with Gasteiger partial charge in [0.2, 0.25) is 0 Å². The third kappa shape index (κ3) is 1.76. The number of hydrogen-bond acceptors (Lipinski definition) is 3. The quantitative estimate of drug-likeness (QED) is 0.694. The molecule has 4 nitrogen and oxygen atoms in total. The zero-order valence-electron chi connectivity index (χ0n) is 12.2. The number of aromatic amines is 1. The van der Waals surface area contributed by atoms with Gasteiger partial charge < -0.3 is 4.98 Å².